The lowest BCUT2D eigenvalue weighted by molar-refractivity contribution is -0.126. The number of nitriles is 1. The van der Waals surface area contributed by atoms with Crippen LogP contribution in [0.25, 0.3) is 5.65 Å². The predicted octanol–water partition coefficient (Wildman–Crippen LogP) is 2.53. The van der Waals surface area contributed by atoms with Crippen molar-refractivity contribution in [3.8, 4) is 6.07 Å². The number of anilines is 1. The van der Waals surface area contributed by atoms with E-state index in [0.717, 1.165) is 0 Å². The molecule has 2 heterocycles. The first-order valence-corrected chi connectivity index (χ1v) is 8.77. The van der Waals surface area contributed by atoms with Gasteiger partial charge in [-0.1, -0.05) is 18.2 Å². The Morgan fingerprint density at radius 2 is 1.96 bits per heavy atom. The van der Waals surface area contributed by atoms with Crippen LogP contribution < -0.4 is 4.90 Å². The van der Waals surface area contributed by atoms with Gasteiger partial charge in [-0.15, -0.1) is 10.2 Å². The Balaban J connectivity index is 1.76. The van der Waals surface area contributed by atoms with Gasteiger partial charge < -0.3 is 9.64 Å². The highest BCUT2D eigenvalue weighted by molar-refractivity contribution is 5.99. The van der Waals surface area contributed by atoms with Crippen LogP contribution in [0, 0.1) is 18.3 Å². The molecule has 0 N–H and O–H groups in total. The maximum Gasteiger partial charge on any atom is 0.340 e. The van der Waals surface area contributed by atoms with Crippen molar-refractivity contribution in [3.63, 3.8) is 0 Å². The molecule has 0 spiro atoms. The molecule has 2 aromatic heterocycles. The van der Waals surface area contributed by atoms with Crippen LogP contribution in [0.5, 0.6) is 0 Å². The summed E-state index contributed by atoms with van der Waals surface area (Å²) in [5.41, 5.74) is 1.55. The summed E-state index contributed by atoms with van der Waals surface area (Å²) in [5, 5.41) is 16.8. The quantitative estimate of drug-likeness (QED) is 0.612. The van der Waals surface area contributed by atoms with Gasteiger partial charge in [0.25, 0.3) is 5.91 Å². The minimum absolute atomic E-state index is 0.172. The van der Waals surface area contributed by atoms with E-state index in [-0.39, 0.29) is 13.0 Å². The Hall–Kier alpha value is -3.73. The first-order valence-electron chi connectivity index (χ1n) is 8.77. The number of hydrogen-bond acceptors (Lipinski definition) is 6. The number of carbonyl (C=O) groups is 2. The fourth-order valence-corrected chi connectivity index (χ4v) is 2.76. The summed E-state index contributed by atoms with van der Waals surface area (Å²) in [6.45, 7) is 3.51. The van der Waals surface area contributed by atoms with E-state index in [2.05, 4.69) is 10.2 Å². The smallest absolute Gasteiger partial charge is 0.340 e. The average molecular weight is 377 g/mol. The normalized spacial score (nSPS) is 11.6. The zero-order chi connectivity index (χ0) is 20.1. The molecule has 142 valence electrons. The van der Waals surface area contributed by atoms with Crippen molar-refractivity contribution in [1.29, 1.82) is 5.26 Å². The van der Waals surface area contributed by atoms with Crippen LogP contribution >= 0.6 is 0 Å². The molecule has 3 aromatic rings. The van der Waals surface area contributed by atoms with Gasteiger partial charge in [-0.3, -0.25) is 9.20 Å². The second-order valence-electron chi connectivity index (χ2n) is 6.17. The molecule has 0 bridgehead atoms. The third-order valence-corrected chi connectivity index (χ3v) is 4.22. The van der Waals surface area contributed by atoms with Crippen molar-refractivity contribution in [3.05, 3.63) is 60.0 Å². The molecule has 0 aliphatic rings. The molecule has 0 aliphatic carbocycles. The number of aryl methyl sites for hydroxylation is 1. The molecule has 1 amide bonds. The van der Waals surface area contributed by atoms with E-state index >= 15 is 0 Å². The van der Waals surface area contributed by atoms with Crippen molar-refractivity contribution in [2.75, 3.05) is 11.4 Å². The van der Waals surface area contributed by atoms with Crippen molar-refractivity contribution in [1.82, 2.24) is 14.6 Å². The highest BCUT2D eigenvalue weighted by Gasteiger charge is 2.25. The van der Waals surface area contributed by atoms with Gasteiger partial charge in [0.05, 0.1) is 18.1 Å². The lowest BCUT2D eigenvalue weighted by Crippen LogP contribution is -2.40. The first-order chi connectivity index (χ1) is 13.5. The Morgan fingerprint density at radius 3 is 2.68 bits per heavy atom. The topological polar surface area (TPSA) is 101 Å². The van der Waals surface area contributed by atoms with E-state index in [1.54, 1.807) is 53.9 Å². The standard InChI is InChI=1S/C20H19N5O3/c1-14(19(26)24(12-6-11-21)17-7-4-3-5-8-17)28-20(27)16-9-10-18-23-22-15(2)25(18)13-16/h3-5,7-10,13-14H,6,12H2,1-2H3. The van der Waals surface area contributed by atoms with Gasteiger partial charge in [-0.2, -0.15) is 5.26 Å². The Bertz CT molecular complexity index is 1040. The molecule has 0 saturated heterocycles. The molecule has 0 radical (unpaired) electrons. The molecular formula is C20H19N5O3. The zero-order valence-corrected chi connectivity index (χ0v) is 15.6. The van der Waals surface area contributed by atoms with Crippen LogP contribution in [0.2, 0.25) is 0 Å². The molecule has 1 aromatic carbocycles. The SMILES string of the molecule is Cc1nnc2ccc(C(=O)OC(C)C(=O)N(CCC#N)c3ccccc3)cn12. The monoisotopic (exact) mass is 377 g/mol. The number of amides is 1. The number of hydrogen-bond donors (Lipinski definition) is 0. The van der Waals surface area contributed by atoms with E-state index in [1.165, 1.54) is 11.8 Å². The Morgan fingerprint density at radius 1 is 1.21 bits per heavy atom. The molecule has 8 nitrogen and oxygen atoms in total. The summed E-state index contributed by atoms with van der Waals surface area (Å²) in [6, 6.07) is 14.2. The van der Waals surface area contributed by atoms with Crippen molar-refractivity contribution in [2.45, 2.75) is 26.4 Å². The molecule has 0 aliphatic heterocycles. The molecule has 0 fully saturated rings. The summed E-state index contributed by atoms with van der Waals surface area (Å²) < 4.78 is 7.05. The van der Waals surface area contributed by atoms with Crippen LogP contribution in [0.15, 0.2) is 48.7 Å². The summed E-state index contributed by atoms with van der Waals surface area (Å²) in [7, 11) is 0. The summed E-state index contributed by atoms with van der Waals surface area (Å²) in [6.07, 6.45) is 0.740. The van der Waals surface area contributed by atoms with Gasteiger partial charge in [-0.05, 0) is 38.1 Å². The van der Waals surface area contributed by atoms with Gasteiger partial charge in [-0.25, -0.2) is 4.79 Å². The van der Waals surface area contributed by atoms with Crippen LogP contribution in [-0.2, 0) is 9.53 Å². The largest absolute Gasteiger partial charge is 0.449 e. The van der Waals surface area contributed by atoms with Crippen molar-refractivity contribution >= 4 is 23.2 Å². The fraction of sp³-hybridized carbons (Fsp3) is 0.250. The van der Waals surface area contributed by atoms with Gasteiger partial charge in [0, 0.05) is 18.4 Å². The molecule has 1 atom stereocenters. The number of aromatic nitrogens is 3. The number of para-hydroxylation sites is 1. The number of fused-ring (bicyclic) bond motifs is 1. The third kappa shape index (κ3) is 3.99. The summed E-state index contributed by atoms with van der Waals surface area (Å²) >= 11 is 0. The van der Waals surface area contributed by atoms with Crippen LogP contribution in [-0.4, -0.2) is 39.1 Å². The van der Waals surface area contributed by atoms with Crippen LogP contribution in [0.1, 0.15) is 29.5 Å². The van der Waals surface area contributed by atoms with E-state index in [9.17, 15) is 9.59 Å². The van der Waals surface area contributed by atoms with Gasteiger partial charge in [0.15, 0.2) is 11.8 Å². The van der Waals surface area contributed by atoms with E-state index in [4.69, 9.17) is 10.00 Å². The van der Waals surface area contributed by atoms with Gasteiger partial charge >= 0.3 is 5.97 Å². The number of rotatable bonds is 6. The highest BCUT2D eigenvalue weighted by atomic mass is 16.5. The van der Waals surface area contributed by atoms with E-state index in [0.29, 0.717) is 22.7 Å². The summed E-state index contributed by atoms with van der Waals surface area (Å²) in [4.78, 5) is 26.8. The number of benzene rings is 1. The fourth-order valence-electron chi connectivity index (χ4n) is 2.76. The van der Waals surface area contributed by atoms with Gasteiger partial charge in [0.1, 0.15) is 5.82 Å². The predicted molar refractivity (Wildman–Crippen MR) is 102 cm³/mol. The van der Waals surface area contributed by atoms with E-state index < -0.39 is 18.0 Å². The Labute approximate surface area is 162 Å². The number of esters is 1. The summed E-state index contributed by atoms with van der Waals surface area (Å²) in [5.74, 6) is -0.374. The maximum atomic E-state index is 12.9. The molecule has 8 heteroatoms. The number of nitrogens with zero attached hydrogens (tertiary/aromatic N) is 5. The Kier molecular flexibility index (Phi) is 5.65. The van der Waals surface area contributed by atoms with Gasteiger partial charge in [0.2, 0.25) is 0 Å². The average Bonchev–Trinajstić information content (AvgIpc) is 3.09. The molecule has 0 saturated carbocycles. The number of pyridine rings is 1. The minimum atomic E-state index is -1.01. The van der Waals surface area contributed by atoms with Crippen LogP contribution in [0.3, 0.4) is 0 Å². The second kappa shape index (κ2) is 8.31. The molecule has 3 rings (SSSR count). The molecular weight excluding hydrogens is 358 g/mol. The van der Waals surface area contributed by atoms with E-state index in [1.807, 2.05) is 12.1 Å². The number of ether oxygens (including phenoxy) is 1. The lowest BCUT2D eigenvalue weighted by atomic mass is 10.2. The highest BCUT2D eigenvalue weighted by Crippen LogP contribution is 2.17. The lowest BCUT2D eigenvalue weighted by Gasteiger charge is -2.25. The van der Waals surface area contributed by atoms with Crippen molar-refractivity contribution < 1.29 is 14.3 Å². The van der Waals surface area contributed by atoms with Crippen LogP contribution in [0.4, 0.5) is 5.69 Å². The minimum Gasteiger partial charge on any atom is -0.449 e. The maximum absolute atomic E-state index is 12.9. The first kappa shape index (κ1) is 19.0. The third-order valence-electron chi connectivity index (χ3n) is 4.22. The van der Waals surface area contributed by atoms with Crippen molar-refractivity contribution in [2.24, 2.45) is 0 Å². The molecule has 28 heavy (non-hydrogen) atoms. The molecule has 1 unspecified atom stereocenters. The zero-order valence-electron chi connectivity index (χ0n) is 15.6. The number of carbonyl (C=O) groups excluding carboxylic acids is 2. The second-order valence-corrected chi connectivity index (χ2v) is 6.17.